The number of nitrogens with two attached hydrogens (primary N) is 3. The second-order valence-corrected chi connectivity index (χ2v) is 28.0. The molecule has 7 atom stereocenters. The molecule has 5 aromatic rings. The molecular formula is C67H84N12O16S3. The number of carboxylic acid groups (broad SMARTS) is 1. The Balaban J connectivity index is 1.32. The van der Waals surface area contributed by atoms with E-state index in [1.807, 2.05) is 12.1 Å². The fraction of sp³-hybridized carbons (Fsp3) is 0.403. The van der Waals surface area contributed by atoms with Crippen molar-refractivity contribution in [3.63, 3.8) is 0 Å². The van der Waals surface area contributed by atoms with Crippen molar-refractivity contribution in [3.8, 4) is 5.75 Å². The summed E-state index contributed by atoms with van der Waals surface area (Å²) in [5.74, 6) is -10.6. The van der Waals surface area contributed by atoms with Crippen molar-refractivity contribution in [1.29, 1.82) is 0 Å². The van der Waals surface area contributed by atoms with E-state index in [1.165, 1.54) is 42.5 Å². The number of hydrogen-bond donors (Lipinski definition) is 10. The van der Waals surface area contributed by atoms with E-state index < -0.39 is 153 Å². The first-order chi connectivity index (χ1) is 46.5. The van der Waals surface area contributed by atoms with Gasteiger partial charge in [-0.3, -0.25) is 58.1 Å². The van der Waals surface area contributed by atoms with Gasteiger partial charge in [-0.25, -0.2) is 17.4 Å². The van der Waals surface area contributed by atoms with Gasteiger partial charge in [-0.1, -0.05) is 96.6 Å². The monoisotopic (exact) mass is 1410 g/mol. The van der Waals surface area contributed by atoms with E-state index in [1.54, 1.807) is 107 Å². The lowest BCUT2D eigenvalue weighted by Gasteiger charge is -2.35. The van der Waals surface area contributed by atoms with E-state index >= 15 is 9.59 Å². The van der Waals surface area contributed by atoms with E-state index in [-0.39, 0.29) is 86.5 Å². The standard InChI is InChI=1S/C67H84N12O16S3/c1-42-25-29-48(30-26-42)98(93,94)78(54(23-14-15-33-68)64(88)71-39-59(82)83)66(90)55-24-16-34-77(55)65(89)53(41-96-40-44-19-10-6-11-20-44)75-62(86)51(38-58(70)81)74-60(84)49(31-32-57(69)80)72-61(85)50(35-43-17-8-5-9-18-43)73-63(87)52(76-97-47-21-12-7-13-22-47)36-45-27-28-46(95-67(2,3)4)37-56(45)79(91)92/h5-13,17-22,25-30,37,49-55,76H,14-16,23-24,31-36,38-41,68H2,1-4H3,(H2,69,80)(H2,70,81)(H,71,88)(H,72,85)(H,73,87)(H,74,84)(H,75,86)(H,82,83)/t49-,50-,51-,52-,53-,54-,55-/m0/s1. The molecular weight excluding hydrogens is 1330 g/mol. The number of aliphatic carboxylic acids is 1. The van der Waals surface area contributed by atoms with Crippen LogP contribution in [0.4, 0.5) is 5.69 Å². The molecule has 1 aliphatic rings. The van der Waals surface area contributed by atoms with E-state index in [0.717, 1.165) is 34.2 Å². The number of thioether (sulfide) groups is 1. The van der Waals surface area contributed by atoms with Crippen LogP contribution in [0.1, 0.15) is 94.4 Å². The predicted octanol–water partition coefficient (Wildman–Crippen LogP) is 3.45. The number of amides is 9. The summed E-state index contributed by atoms with van der Waals surface area (Å²) in [4.78, 5) is 154. The number of sulfonamides is 1. The van der Waals surface area contributed by atoms with Crippen molar-refractivity contribution in [2.75, 3.05) is 25.4 Å². The Kier molecular flexibility index (Phi) is 29.6. The second kappa shape index (κ2) is 37.3. The fourth-order valence-electron chi connectivity index (χ4n) is 10.5. The molecule has 0 radical (unpaired) electrons. The van der Waals surface area contributed by atoms with E-state index in [0.29, 0.717) is 20.3 Å². The van der Waals surface area contributed by atoms with Crippen molar-refractivity contribution in [1.82, 2.24) is 40.5 Å². The largest absolute Gasteiger partial charge is 0.488 e. The molecule has 13 N–H and O–H groups in total. The summed E-state index contributed by atoms with van der Waals surface area (Å²) in [5.41, 5.74) is 18.1. The van der Waals surface area contributed by atoms with Gasteiger partial charge in [-0.05, 0) is 132 Å². The van der Waals surface area contributed by atoms with Crippen LogP contribution in [0.25, 0.3) is 0 Å². The zero-order valence-corrected chi connectivity index (χ0v) is 57.2. The third-order valence-electron chi connectivity index (χ3n) is 15.3. The van der Waals surface area contributed by atoms with Gasteiger partial charge in [0.05, 0.1) is 22.3 Å². The lowest BCUT2D eigenvalue weighted by molar-refractivity contribution is -0.385. The summed E-state index contributed by atoms with van der Waals surface area (Å²) in [6.07, 6.45) is -2.36. The summed E-state index contributed by atoms with van der Waals surface area (Å²) >= 11 is 2.21. The van der Waals surface area contributed by atoms with Crippen molar-refractivity contribution in [3.05, 3.63) is 166 Å². The molecule has 0 aliphatic carbocycles. The van der Waals surface area contributed by atoms with Crippen LogP contribution in [0.2, 0.25) is 0 Å². The van der Waals surface area contributed by atoms with Crippen LogP contribution in [-0.2, 0) is 76.6 Å². The Morgan fingerprint density at radius 3 is 1.90 bits per heavy atom. The first-order valence-electron chi connectivity index (χ1n) is 31.6. The molecule has 0 unspecified atom stereocenters. The molecule has 28 nitrogen and oxygen atoms in total. The number of nitrogens with one attached hydrogen (secondary N) is 6. The second-order valence-electron chi connectivity index (χ2n) is 24.2. The summed E-state index contributed by atoms with van der Waals surface area (Å²) in [6, 6.07) is 24.4. The molecule has 1 saturated heterocycles. The molecule has 0 spiro atoms. The minimum Gasteiger partial charge on any atom is -0.488 e. The molecule has 0 aromatic heterocycles. The highest BCUT2D eigenvalue weighted by molar-refractivity contribution is 7.98. The van der Waals surface area contributed by atoms with E-state index in [4.69, 9.17) is 21.9 Å². The molecule has 526 valence electrons. The van der Waals surface area contributed by atoms with Crippen molar-refractivity contribution in [2.24, 2.45) is 17.2 Å². The Hall–Kier alpha value is -9.43. The summed E-state index contributed by atoms with van der Waals surface area (Å²) in [5, 5.41) is 34.6. The van der Waals surface area contributed by atoms with Crippen LogP contribution in [-0.4, -0.2) is 160 Å². The van der Waals surface area contributed by atoms with Crippen molar-refractivity contribution >= 4 is 98.6 Å². The summed E-state index contributed by atoms with van der Waals surface area (Å²) in [7, 11) is -4.97. The van der Waals surface area contributed by atoms with E-state index in [9.17, 15) is 62.0 Å². The number of carboxylic acids is 1. The minimum absolute atomic E-state index is 0.111. The number of hydrogen-bond acceptors (Lipinski definition) is 19. The number of ether oxygens (including phenoxy) is 1. The molecule has 0 bridgehead atoms. The maximum absolute atomic E-state index is 15.3. The number of carbonyl (C=O) groups excluding carboxylic acids is 9. The SMILES string of the molecule is Cc1ccc(S(=O)(=O)N(C(=O)[C@@H]2CCCN2C(=O)[C@H](CSCc2ccccc2)NC(=O)[C@H](CC(N)=O)NC(=O)[C@H](CCC(N)=O)NC(=O)[C@H](Cc2ccccc2)NC(=O)[C@H](Cc2ccc(OC(C)(C)C)cc2[N+](=O)[O-])NSc2ccccc2)[C@@H](CCCCN)C(=O)NCC(=O)O)cc1. The van der Waals surface area contributed by atoms with Crippen molar-refractivity contribution < 1.29 is 71.1 Å². The van der Waals surface area contributed by atoms with Gasteiger partial charge in [0.15, 0.2) is 0 Å². The van der Waals surface area contributed by atoms with Crippen LogP contribution in [0.15, 0.2) is 143 Å². The number of aryl methyl sites for hydroxylation is 1. The first kappa shape index (κ1) is 77.6. The Morgan fingerprint density at radius 1 is 0.714 bits per heavy atom. The number of likely N-dealkylation sites (tertiary alicyclic amines) is 1. The maximum atomic E-state index is 15.3. The number of unbranched alkanes of at least 4 members (excludes halogenated alkanes) is 1. The molecule has 1 fully saturated rings. The van der Waals surface area contributed by atoms with Crippen LogP contribution in [0.3, 0.4) is 0 Å². The number of benzene rings is 5. The van der Waals surface area contributed by atoms with Gasteiger partial charge in [-0.2, -0.15) is 11.8 Å². The number of carbonyl (C=O) groups is 10. The van der Waals surface area contributed by atoms with Crippen molar-refractivity contribution in [2.45, 2.75) is 155 Å². The van der Waals surface area contributed by atoms with Gasteiger partial charge < -0.3 is 58.5 Å². The molecule has 98 heavy (non-hydrogen) atoms. The summed E-state index contributed by atoms with van der Waals surface area (Å²) in [6.45, 7) is 6.03. The number of nitro groups is 1. The average molecular weight is 1410 g/mol. The van der Waals surface area contributed by atoms with Crippen LogP contribution < -0.4 is 53.2 Å². The molecule has 9 amide bonds. The van der Waals surface area contributed by atoms with Gasteiger partial charge in [0.25, 0.3) is 21.6 Å². The maximum Gasteiger partial charge on any atom is 0.322 e. The average Bonchev–Trinajstić information content (AvgIpc) is 1.21. The van der Waals surface area contributed by atoms with Gasteiger partial charge in [0.1, 0.15) is 60.2 Å². The quantitative estimate of drug-likeness (QED) is 0.0117. The lowest BCUT2D eigenvalue weighted by Crippen LogP contribution is -2.61. The molecule has 1 aliphatic heterocycles. The molecule has 6 rings (SSSR count). The normalized spacial score (nSPS) is 14.8. The fourth-order valence-corrected chi connectivity index (χ4v) is 13.9. The highest BCUT2D eigenvalue weighted by atomic mass is 32.2. The molecule has 0 saturated carbocycles. The minimum atomic E-state index is -4.97. The Bertz CT molecular complexity index is 3720. The van der Waals surface area contributed by atoms with Gasteiger partial charge in [-0.15, -0.1) is 0 Å². The predicted molar refractivity (Wildman–Crippen MR) is 366 cm³/mol. The first-order valence-corrected chi connectivity index (χ1v) is 35.0. The smallest absolute Gasteiger partial charge is 0.322 e. The van der Waals surface area contributed by atoms with Gasteiger partial charge in [0, 0.05) is 47.8 Å². The Labute approximate surface area is 576 Å². The molecule has 5 aromatic carbocycles. The van der Waals surface area contributed by atoms with E-state index in [2.05, 4.69) is 31.3 Å². The number of nitro benzene ring substituents is 1. The Morgan fingerprint density at radius 2 is 1.30 bits per heavy atom. The zero-order valence-electron chi connectivity index (χ0n) is 54.7. The third kappa shape index (κ3) is 24.0. The van der Waals surface area contributed by atoms with Gasteiger partial charge >= 0.3 is 5.97 Å². The van der Waals surface area contributed by atoms with Crippen LogP contribution in [0.5, 0.6) is 5.75 Å². The van der Waals surface area contributed by atoms with Gasteiger partial charge in [0.2, 0.25) is 47.3 Å². The van der Waals surface area contributed by atoms with Crippen LogP contribution >= 0.6 is 23.7 Å². The number of rotatable bonds is 38. The summed E-state index contributed by atoms with van der Waals surface area (Å²) < 4.78 is 39.0. The van der Waals surface area contributed by atoms with Crippen LogP contribution in [0, 0.1) is 17.0 Å². The highest BCUT2D eigenvalue weighted by Gasteiger charge is 2.47. The molecule has 31 heteroatoms. The molecule has 1 heterocycles. The topological polar surface area (TPSA) is 434 Å². The number of primary amides is 2. The third-order valence-corrected chi connectivity index (χ3v) is 19.1. The lowest BCUT2D eigenvalue weighted by atomic mass is 10.0. The zero-order chi connectivity index (χ0) is 71.7. The number of nitrogens with zero attached hydrogens (tertiary/aromatic N) is 3. The highest BCUT2D eigenvalue weighted by Crippen LogP contribution is 2.31.